The van der Waals surface area contributed by atoms with Gasteiger partial charge in [0.15, 0.2) is 0 Å². The van der Waals surface area contributed by atoms with Crippen molar-refractivity contribution in [3.8, 4) is 5.75 Å². The molecule has 0 spiro atoms. The number of carbonyl (C=O) groups excluding carboxylic acids is 2. The Morgan fingerprint density at radius 3 is 2.66 bits per heavy atom. The molecule has 8 heteroatoms. The van der Waals surface area contributed by atoms with Crippen LogP contribution in [0.2, 0.25) is 0 Å². The molecule has 0 saturated carbocycles. The lowest BCUT2D eigenvalue weighted by atomic mass is 9.77. The molecule has 1 aliphatic rings. The van der Waals surface area contributed by atoms with E-state index < -0.39 is 11.3 Å². The van der Waals surface area contributed by atoms with Crippen LogP contribution >= 0.6 is 0 Å². The maximum Gasteiger partial charge on any atom is 0.257 e. The number of benzene rings is 1. The van der Waals surface area contributed by atoms with Gasteiger partial charge < -0.3 is 15.4 Å². The Labute approximate surface area is 169 Å². The molecule has 7 nitrogen and oxygen atoms in total. The van der Waals surface area contributed by atoms with Crippen LogP contribution < -0.4 is 10.5 Å². The van der Waals surface area contributed by atoms with E-state index in [0.717, 1.165) is 6.42 Å². The van der Waals surface area contributed by atoms with Gasteiger partial charge in [0, 0.05) is 37.7 Å². The van der Waals surface area contributed by atoms with Gasteiger partial charge in [0.2, 0.25) is 5.91 Å². The van der Waals surface area contributed by atoms with E-state index in [1.807, 2.05) is 13.8 Å². The Hall–Kier alpha value is -2.90. The number of carbonyl (C=O) groups is 2. The number of ether oxygens (including phenoxy) is 1. The van der Waals surface area contributed by atoms with Gasteiger partial charge in [0.05, 0.1) is 17.9 Å². The Balaban J connectivity index is 1.77. The molecule has 1 fully saturated rings. The molecular formula is C21H27FN4O3. The minimum Gasteiger partial charge on any atom is -0.493 e. The molecule has 2 amide bonds. The number of primary amides is 1. The topological polar surface area (TPSA) is 90.5 Å². The van der Waals surface area contributed by atoms with Crippen molar-refractivity contribution < 1.29 is 18.7 Å². The first-order chi connectivity index (χ1) is 13.8. The average molecular weight is 402 g/mol. The van der Waals surface area contributed by atoms with E-state index in [0.29, 0.717) is 43.1 Å². The third-order valence-corrected chi connectivity index (χ3v) is 5.36. The average Bonchev–Trinajstić information content (AvgIpc) is 3.07. The van der Waals surface area contributed by atoms with Gasteiger partial charge in [-0.1, -0.05) is 0 Å². The zero-order valence-electron chi connectivity index (χ0n) is 16.9. The number of rotatable bonds is 7. The first kappa shape index (κ1) is 20.8. The van der Waals surface area contributed by atoms with Crippen molar-refractivity contribution >= 4 is 11.8 Å². The predicted molar refractivity (Wildman–Crippen MR) is 106 cm³/mol. The van der Waals surface area contributed by atoms with E-state index >= 15 is 0 Å². The molecule has 2 heterocycles. The molecule has 2 N–H and O–H groups in total. The zero-order chi connectivity index (χ0) is 21.0. The SMILES string of the molecule is CCn1cc(C(=O)N2CCC[C@@](COc3ccc(F)cc3)(CC(N)=O)C2)c(C)n1. The highest BCUT2D eigenvalue weighted by Crippen LogP contribution is 2.35. The molecule has 0 bridgehead atoms. The van der Waals surface area contributed by atoms with E-state index in [1.54, 1.807) is 27.9 Å². The first-order valence-corrected chi connectivity index (χ1v) is 9.82. The van der Waals surface area contributed by atoms with Crippen LogP contribution in [0.1, 0.15) is 42.2 Å². The van der Waals surface area contributed by atoms with Gasteiger partial charge in [-0.25, -0.2) is 4.39 Å². The van der Waals surface area contributed by atoms with Crippen LogP contribution in [0.15, 0.2) is 30.5 Å². The van der Waals surface area contributed by atoms with Crippen LogP contribution in [0, 0.1) is 18.2 Å². The van der Waals surface area contributed by atoms with Crippen LogP contribution in [-0.2, 0) is 11.3 Å². The Bertz CT molecular complexity index is 881. The number of halogens is 1. The summed E-state index contributed by atoms with van der Waals surface area (Å²) in [6.45, 7) is 5.66. The highest BCUT2D eigenvalue weighted by atomic mass is 19.1. The van der Waals surface area contributed by atoms with Gasteiger partial charge in [-0.3, -0.25) is 14.3 Å². The number of likely N-dealkylation sites (tertiary alicyclic amines) is 1. The Morgan fingerprint density at radius 2 is 2.03 bits per heavy atom. The fourth-order valence-corrected chi connectivity index (χ4v) is 3.89. The highest BCUT2D eigenvalue weighted by Gasteiger charge is 2.40. The largest absolute Gasteiger partial charge is 0.493 e. The van der Waals surface area contributed by atoms with Gasteiger partial charge in [-0.15, -0.1) is 0 Å². The predicted octanol–water partition coefficient (Wildman–Crippen LogP) is 2.53. The number of aromatic nitrogens is 2. The quantitative estimate of drug-likeness (QED) is 0.771. The monoisotopic (exact) mass is 402 g/mol. The van der Waals surface area contributed by atoms with Crippen LogP contribution in [0.3, 0.4) is 0 Å². The number of nitrogens with zero attached hydrogens (tertiary/aromatic N) is 3. The summed E-state index contributed by atoms with van der Waals surface area (Å²) >= 11 is 0. The van der Waals surface area contributed by atoms with Crippen LogP contribution in [-0.4, -0.2) is 46.2 Å². The molecule has 29 heavy (non-hydrogen) atoms. The smallest absolute Gasteiger partial charge is 0.257 e. The second kappa shape index (κ2) is 8.63. The van der Waals surface area contributed by atoms with Crippen molar-refractivity contribution in [2.75, 3.05) is 19.7 Å². The summed E-state index contributed by atoms with van der Waals surface area (Å²) in [4.78, 5) is 26.6. The molecule has 0 unspecified atom stereocenters. The summed E-state index contributed by atoms with van der Waals surface area (Å²) in [6, 6.07) is 5.73. The molecule has 1 aliphatic heterocycles. The van der Waals surface area contributed by atoms with Crippen molar-refractivity contribution in [3.05, 3.63) is 47.5 Å². The van der Waals surface area contributed by atoms with E-state index in [2.05, 4.69) is 5.10 Å². The van der Waals surface area contributed by atoms with Crippen molar-refractivity contribution in [3.63, 3.8) is 0 Å². The van der Waals surface area contributed by atoms with E-state index in [9.17, 15) is 14.0 Å². The number of amides is 2. The molecule has 156 valence electrons. The standard InChI is InChI=1S/C21H27FN4O3/c1-3-26-12-18(15(2)24-26)20(28)25-10-4-9-21(13-25,11-19(23)27)14-29-17-7-5-16(22)6-8-17/h5-8,12H,3-4,9-11,13-14H2,1-2H3,(H2,23,27)/t21-/m1/s1. The lowest BCUT2D eigenvalue weighted by Gasteiger charge is -2.42. The molecule has 0 aliphatic carbocycles. The maximum absolute atomic E-state index is 13.1. The highest BCUT2D eigenvalue weighted by molar-refractivity contribution is 5.95. The number of piperidine rings is 1. The van der Waals surface area contributed by atoms with Gasteiger partial charge in [0.25, 0.3) is 5.91 Å². The normalized spacial score (nSPS) is 19.2. The van der Waals surface area contributed by atoms with E-state index in [4.69, 9.17) is 10.5 Å². The minimum absolute atomic E-state index is 0.0995. The fourth-order valence-electron chi connectivity index (χ4n) is 3.89. The van der Waals surface area contributed by atoms with E-state index in [-0.39, 0.29) is 24.8 Å². The molecular weight excluding hydrogens is 375 g/mol. The van der Waals surface area contributed by atoms with Crippen molar-refractivity contribution in [1.29, 1.82) is 0 Å². The van der Waals surface area contributed by atoms with Crippen LogP contribution in [0.5, 0.6) is 5.75 Å². The number of nitrogens with two attached hydrogens (primary N) is 1. The Morgan fingerprint density at radius 1 is 1.31 bits per heavy atom. The number of aryl methyl sites for hydroxylation is 2. The minimum atomic E-state index is -0.581. The third-order valence-electron chi connectivity index (χ3n) is 5.36. The lowest BCUT2D eigenvalue weighted by molar-refractivity contribution is -0.122. The summed E-state index contributed by atoms with van der Waals surface area (Å²) in [6.07, 6.45) is 3.34. The molecule has 1 atom stereocenters. The van der Waals surface area contributed by atoms with Crippen LogP contribution in [0.4, 0.5) is 4.39 Å². The van der Waals surface area contributed by atoms with Gasteiger partial charge in [0.1, 0.15) is 11.6 Å². The number of hydrogen-bond donors (Lipinski definition) is 1. The van der Waals surface area contributed by atoms with Gasteiger partial charge in [-0.2, -0.15) is 5.10 Å². The van der Waals surface area contributed by atoms with Gasteiger partial charge >= 0.3 is 0 Å². The molecule has 1 saturated heterocycles. The van der Waals surface area contributed by atoms with Crippen molar-refractivity contribution in [2.45, 2.75) is 39.7 Å². The maximum atomic E-state index is 13.1. The van der Waals surface area contributed by atoms with E-state index in [1.165, 1.54) is 12.1 Å². The van der Waals surface area contributed by atoms with Crippen molar-refractivity contribution in [1.82, 2.24) is 14.7 Å². The second-order valence-corrected chi connectivity index (χ2v) is 7.70. The fraction of sp³-hybridized carbons (Fsp3) is 0.476. The Kier molecular flexibility index (Phi) is 6.20. The third kappa shape index (κ3) is 4.93. The summed E-state index contributed by atoms with van der Waals surface area (Å²) in [5.74, 6) is -0.366. The lowest BCUT2D eigenvalue weighted by Crippen LogP contribution is -2.50. The zero-order valence-corrected chi connectivity index (χ0v) is 16.9. The molecule has 3 rings (SSSR count). The van der Waals surface area contributed by atoms with Crippen LogP contribution in [0.25, 0.3) is 0 Å². The molecule has 0 radical (unpaired) electrons. The summed E-state index contributed by atoms with van der Waals surface area (Å²) in [7, 11) is 0. The summed E-state index contributed by atoms with van der Waals surface area (Å²) in [5, 5.41) is 4.35. The van der Waals surface area contributed by atoms with Gasteiger partial charge in [-0.05, 0) is 51.0 Å². The molecule has 1 aromatic heterocycles. The summed E-state index contributed by atoms with van der Waals surface area (Å²) in [5.41, 5.74) is 6.19. The molecule has 1 aromatic carbocycles. The second-order valence-electron chi connectivity index (χ2n) is 7.70. The number of hydrogen-bond acceptors (Lipinski definition) is 4. The first-order valence-electron chi connectivity index (χ1n) is 9.82. The summed E-state index contributed by atoms with van der Waals surface area (Å²) < 4.78 is 20.7. The molecule has 2 aromatic rings. The van der Waals surface area contributed by atoms with Crippen molar-refractivity contribution in [2.24, 2.45) is 11.1 Å².